The van der Waals surface area contributed by atoms with Gasteiger partial charge in [-0.05, 0) is 37.3 Å². The SMILES string of the molecule is CC(CCC(=O)O)CCc1ccc(Cl)s1. The molecule has 0 amide bonds. The molecule has 1 rings (SSSR count). The molecule has 0 fully saturated rings. The quantitative estimate of drug-likeness (QED) is 0.828. The first kappa shape index (κ1) is 12.5. The highest BCUT2D eigenvalue weighted by molar-refractivity contribution is 7.16. The zero-order chi connectivity index (χ0) is 11.3. The molecule has 0 saturated carbocycles. The Morgan fingerprint density at radius 2 is 2.27 bits per heavy atom. The van der Waals surface area contributed by atoms with Crippen LogP contribution in [-0.2, 0) is 11.2 Å². The number of aryl methyl sites for hydroxylation is 1. The van der Waals surface area contributed by atoms with Gasteiger partial charge in [-0.3, -0.25) is 4.79 Å². The summed E-state index contributed by atoms with van der Waals surface area (Å²) in [6, 6.07) is 3.94. The lowest BCUT2D eigenvalue weighted by atomic mass is 9.99. The van der Waals surface area contributed by atoms with E-state index in [2.05, 4.69) is 6.92 Å². The summed E-state index contributed by atoms with van der Waals surface area (Å²) in [5.74, 6) is -0.247. The van der Waals surface area contributed by atoms with Gasteiger partial charge in [-0.2, -0.15) is 0 Å². The minimum Gasteiger partial charge on any atom is -0.481 e. The van der Waals surface area contributed by atoms with Crippen molar-refractivity contribution >= 4 is 28.9 Å². The van der Waals surface area contributed by atoms with Crippen molar-refractivity contribution in [1.29, 1.82) is 0 Å². The number of aliphatic carboxylic acids is 1. The first-order valence-corrected chi connectivity index (χ1v) is 6.23. The molecule has 1 N–H and O–H groups in total. The van der Waals surface area contributed by atoms with Crippen molar-refractivity contribution in [2.45, 2.75) is 32.6 Å². The number of carboxylic acids is 1. The van der Waals surface area contributed by atoms with Crippen molar-refractivity contribution < 1.29 is 9.90 Å². The molecule has 1 heterocycles. The first-order chi connectivity index (χ1) is 7.08. The summed E-state index contributed by atoms with van der Waals surface area (Å²) in [7, 11) is 0. The first-order valence-electron chi connectivity index (χ1n) is 5.04. The van der Waals surface area contributed by atoms with Gasteiger partial charge in [-0.1, -0.05) is 18.5 Å². The van der Waals surface area contributed by atoms with E-state index in [1.165, 1.54) is 4.88 Å². The Balaban J connectivity index is 2.22. The van der Waals surface area contributed by atoms with Gasteiger partial charge in [0.1, 0.15) is 0 Å². The highest BCUT2D eigenvalue weighted by Gasteiger charge is 2.06. The van der Waals surface area contributed by atoms with Gasteiger partial charge < -0.3 is 5.11 Å². The van der Waals surface area contributed by atoms with E-state index in [9.17, 15) is 4.79 Å². The van der Waals surface area contributed by atoms with Crippen LogP contribution in [0.2, 0.25) is 4.34 Å². The number of rotatable bonds is 6. The van der Waals surface area contributed by atoms with E-state index in [0.717, 1.165) is 23.6 Å². The van der Waals surface area contributed by atoms with Crippen LogP contribution in [-0.4, -0.2) is 11.1 Å². The lowest BCUT2D eigenvalue weighted by Crippen LogP contribution is -2.01. The summed E-state index contributed by atoms with van der Waals surface area (Å²) >= 11 is 7.42. The highest BCUT2D eigenvalue weighted by atomic mass is 35.5. The molecule has 84 valence electrons. The third-order valence-corrected chi connectivity index (χ3v) is 3.65. The lowest BCUT2D eigenvalue weighted by Gasteiger charge is -2.08. The second-order valence-corrected chi connectivity index (χ2v) is 5.58. The Morgan fingerprint density at radius 1 is 1.53 bits per heavy atom. The molecule has 15 heavy (non-hydrogen) atoms. The predicted molar refractivity (Wildman–Crippen MR) is 63.7 cm³/mol. The van der Waals surface area contributed by atoms with E-state index < -0.39 is 5.97 Å². The fraction of sp³-hybridized carbons (Fsp3) is 0.545. The van der Waals surface area contributed by atoms with Crippen LogP contribution in [0.1, 0.15) is 31.1 Å². The van der Waals surface area contributed by atoms with Gasteiger partial charge in [0.15, 0.2) is 0 Å². The Hall–Kier alpha value is -0.540. The summed E-state index contributed by atoms with van der Waals surface area (Å²) in [6.45, 7) is 2.10. The van der Waals surface area contributed by atoms with E-state index in [-0.39, 0.29) is 6.42 Å². The van der Waals surface area contributed by atoms with Crippen molar-refractivity contribution in [3.8, 4) is 0 Å². The Morgan fingerprint density at radius 3 is 2.80 bits per heavy atom. The third kappa shape index (κ3) is 5.19. The van der Waals surface area contributed by atoms with Crippen molar-refractivity contribution in [1.82, 2.24) is 0 Å². The van der Waals surface area contributed by atoms with Crippen LogP contribution >= 0.6 is 22.9 Å². The molecule has 4 heteroatoms. The summed E-state index contributed by atoms with van der Waals surface area (Å²) in [5, 5.41) is 8.54. The van der Waals surface area contributed by atoms with E-state index in [0.29, 0.717) is 5.92 Å². The van der Waals surface area contributed by atoms with Gasteiger partial charge in [0.05, 0.1) is 4.34 Å². The molecule has 0 bridgehead atoms. The van der Waals surface area contributed by atoms with E-state index in [4.69, 9.17) is 16.7 Å². The van der Waals surface area contributed by atoms with Crippen molar-refractivity contribution in [3.05, 3.63) is 21.3 Å². The van der Waals surface area contributed by atoms with Crippen LogP contribution in [0.15, 0.2) is 12.1 Å². The van der Waals surface area contributed by atoms with Crippen molar-refractivity contribution in [3.63, 3.8) is 0 Å². The Labute approximate surface area is 98.9 Å². The topological polar surface area (TPSA) is 37.3 Å². The number of hydrogen-bond acceptors (Lipinski definition) is 2. The monoisotopic (exact) mass is 246 g/mol. The molecule has 1 aromatic heterocycles. The van der Waals surface area contributed by atoms with Crippen LogP contribution in [0.4, 0.5) is 0 Å². The summed E-state index contributed by atoms with van der Waals surface area (Å²) in [5.41, 5.74) is 0. The number of thiophene rings is 1. The van der Waals surface area contributed by atoms with Gasteiger partial charge in [0.25, 0.3) is 0 Å². The zero-order valence-electron chi connectivity index (χ0n) is 8.70. The van der Waals surface area contributed by atoms with Gasteiger partial charge in [-0.25, -0.2) is 0 Å². The summed E-state index contributed by atoms with van der Waals surface area (Å²) in [4.78, 5) is 11.6. The van der Waals surface area contributed by atoms with Gasteiger partial charge in [-0.15, -0.1) is 11.3 Å². The maximum absolute atomic E-state index is 10.4. The molecule has 0 aliphatic carbocycles. The number of hydrogen-bond donors (Lipinski definition) is 1. The van der Waals surface area contributed by atoms with Gasteiger partial charge in [0.2, 0.25) is 0 Å². The number of carbonyl (C=O) groups is 1. The van der Waals surface area contributed by atoms with E-state index in [1.54, 1.807) is 11.3 Å². The maximum Gasteiger partial charge on any atom is 0.303 e. The average Bonchev–Trinajstić information content (AvgIpc) is 2.58. The fourth-order valence-electron chi connectivity index (χ4n) is 1.39. The van der Waals surface area contributed by atoms with E-state index >= 15 is 0 Å². The molecular weight excluding hydrogens is 232 g/mol. The molecule has 2 nitrogen and oxygen atoms in total. The third-order valence-electron chi connectivity index (χ3n) is 2.36. The minimum atomic E-state index is -0.707. The molecule has 1 atom stereocenters. The van der Waals surface area contributed by atoms with Gasteiger partial charge in [0, 0.05) is 11.3 Å². The number of halogens is 1. The smallest absolute Gasteiger partial charge is 0.303 e. The minimum absolute atomic E-state index is 0.270. The second kappa shape index (κ2) is 6.13. The average molecular weight is 247 g/mol. The fourth-order valence-corrected chi connectivity index (χ4v) is 2.49. The lowest BCUT2D eigenvalue weighted by molar-refractivity contribution is -0.137. The summed E-state index contributed by atoms with van der Waals surface area (Å²) in [6.07, 6.45) is 3.06. The molecule has 0 saturated heterocycles. The molecule has 1 unspecified atom stereocenters. The Kier molecular flexibility index (Phi) is 5.12. The van der Waals surface area contributed by atoms with Crippen LogP contribution < -0.4 is 0 Å². The second-order valence-electron chi connectivity index (χ2n) is 3.78. The van der Waals surface area contributed by atoms with E-state index in [1.807, 2.05) is 12.1 Å². The standard InChI is InChI=1S/C11H15ClO2S/c1-8(3-7-11(13)14)2-4-9-5-6-10(12)15-9/h5-6,8H,2-4,7H2,1H3,(H,13,14). The van der Waals surface area contributed by atoms with Crippen LogP contribution in [0.5, 0.6) is 0 Å². The van der Waals surface area contributed by atoms with Crippen LogP contribution in [0.25, 0.3) is 0 Å². The number of carboxylic acid groups (broad SMARTS) is 1. The maximum atomic E-state index is 10.4. The predicted octanol–water partition coefficient (Wildman–Crippen LogP) is 3.84. The van der Waals surface area contributed by atoms with Crippen LogP contribution in [0.3, 0.4) is 0 Å². The normalized spacial score (nSPS) is 12.7. The van der Waals surface area contributed by atoms with Crippen molar-refractivity contribution in [2.75, 3.05) is 0 Å². The molecule has 0 radical (unpaired) electrons. The molecule has 0 aliphatic rings. The molecular formula is C11H15ClO2S. The molecule has 0 aliphatic heterocycles. The Bertz CT molecular complexity index is 322. The molecule has 0 spiro atoms. The summed E-state index contributed by atoms with van der Waals surface area (Å²) < 4.78 is 0.822. The molecule has 0 aromatic carbocycles. The zero-order valence-corrected chi connectivity index (χ0v) is 10.3. The van der Waals surface area contributed by atoms with Crippen molar-refractivity contribution in [2.24, 2.45) is 5.92 Å². The largest absolute Gasteiger partial charge is 0.481 e. The molecule has 1 aromatic rings. The van der Waals surface area contributed by atoms with Gasteiger partial charge >= 0.3 is 5.97 Å². The highest BCUT2D eigenvalue weighted by Crippen LogP contribution is 2.24. The van der Waals surface area contributed by atoms with Crippen LogP contribution in [0, 0.1) is 5.92 Å².